The van der Waals surface area contributed by atoms with E-state index in [1.54, 1.807) is 6.20 Å². The van der Waals surface area contributed by atoms with E-state index in [1.165, 1.54) is 0 Å². The molecule has 0 saturated carbocycles. The second-order valence-electron chi connectivity index (χ2n) is 4.82. The molecule has 0 atom stereocenters. The molecule has 2 heterocycles. The highest BCUT2D eigenvalue weighted by atomic mass is 15.3. The number of hydrogen-bond donors (Lipinski definition) is 0. The van der Waals surface area contributed by atoms with Crippen molar-refractivity contribution in [1.29, 1.82) is 0 Å². The molecule has 0 amide bonds. The molecule has 0 radical (unpaired) electrons. The molecule has 6 nitrogen and oxygen atoms in total. The molecule has 2 aromatic heterocycles. The van der Waals surface area contributed by atoms with Crippen LogP contribution in [0.1, 0.15) is 12.7 Å². The third-order valence-corrected chi connectivity index (χ3v) is 3.01. The second kappa shape index (κ2) is 5.81. The van der Waals surface area contributed by atoms with Crippen molar-refractivity contribution in [1.82, 2.24) is 19.9 Å². The number of anilines is 2. The molecule has 106 valence electrons. The Morgan fingerprint density at radius 3 is 2.50 bits per heavy atom. The lowest BCUT2D eigenvalue weighted by Gasteiger charge is -2.16. The van der Waals surface area contributed by atoms with Crippen LogP contribution < -0.4 is 9.80 Å². The molecule has 0 fully saturated rings. The normalized spacial score (nSPS) is 10.4. The van der Waals surface area contributed by atoms with Crippen molar-refractivity contribution in [2.45, 2.75) is 13.8 Å². The molecule has 0 saturated heterocycles. The Morgan fingerprint density at radius 2 is 1.85 bits per heavy atom. The van der Waals surface area contributed by atoms with Gasteiger partial charge in [0.2, 0.25) is 5.95 Å². The zero-order valence-electron chi connectivity index (χ0n) is 12.6. The van der Waals surface area contributed by atoms with Crippen LogP contribution in [0.2, 0.25) is 0 Å². The predicted octanol–water partition coefficient (Wildman–Crippen LogP) is 1.76. The van der Waals surface area contributed by atoms with Crippen molar-refractivity contribution in [3.63, 3.8) is 0 Å². The summed E-state index contributed by atoms with van der Waals surface area (Å²) >= 11 is 0. The van der Waals surface area contributed by atoms with E-state index in [0.29, 0.717) is 17.6 Å². The predicted molar refractivity (Wildman–Crippen MR) is 81.1 cm³/mol. The first kappa shape index (κ1) is 14.2. The first-order chi connectivity index (χ1) is 9.51. The van der Waals surface area contributed by atoms with E-state index in [-0.39, 0.29) is 0 Å². The summed E-state index contributed by atoms with van der Waals surface area (Å²) in [6.07, 6.45) is 1.77. The Bertz CT molecular complexity index is 596. The molecule has 0 spiro atoms. The lowest BCUT2D eigenvalue weighted by Crippen LogP contribution is -2.20. The summed E-state index contributed by atoms with van der Waals surface area (Å²) in [6.45, 7) is 4.80. The minimum atomic E-state index is 0.679. The Labute approximate surface area is 119 Å². The standard InChI is InChI=1S/C14H20N6/c1-6-20(5)14-17-10(2)16-13(18-14)11-7-8-15-12(9-11)19(3)4/h7-9H,6H2,1-5H3. The smallest absolute Gasteiger partial charge is 0.228 e. The molecule has 0 unspecified atom stereocenters. The highest BCUT2D eigenvalue weighted by Crippen LogP contribution is 2.20. The highest BCUT2D eigenvalue weighted by molar-refractivity contribution is 5.60. The molecule has 0 N–H and O–H groups in total. The van der Waals surface area contributed by atoms with Crippen LogP contribution in [0.3, 0.4) is 0 Å². The fourth-order valence-corrected chi connectivity index (χ4v) is 1.71. The van der Waals surface area contributed by atoms with E-state index < -0.39 is 0 Å². The first-order valence-electron chi connectivity index (χ1n) is 6.58. The zero-order valence-corrected chi connectivity index (χ0v) is 12.6. The van der Waals surface area contributed by atoms with Gasteiger partial charge in [-0.25, -0.2) is 9.97 Å². The number of nitrogens with zero attached hydrogens (tertiary/aromatic N) is 6. The van der Waals surface area contributed by atoms with E-state index in [0.717, 1.165) is 17.9 Å². The lowest BCUT2D eigenvalue weighted by molar-refractivity contribution is 0.866. The average molecular weight is 272 g/mol. The SMILES string of the molecule is CCN(C)c1nc(C)nc(-c2ccnc(N(C)C)c2)n1. The number of aryl methyl sites for hydroxylation is 1. The van der Waals surface area contributed by atoms with Gasteiger partial charge in [0.05, 0.1) is 0 Å². The third-order valence-electron chi connectivity index (χ3n) is 3.01. The third kappa shape index (κ3) is 3.01. The van der Waals surface area contributed by atoms with Gasteiger partial charge in [-0.15, -0.1) is 0 Å². The van der Waals surface area contributed by atoms with Gasteiger partial charge in [0, 0.05) is 39.4 Å². The van der Waals surface area contributed by atoms with E-state index in [2.05, 4.69) is 26.9 Å². The van der Waals surface area contributed by atoms with Gasteiger partial charge in [0.25, 0.3) is 0 Å². The van der Waals surface area contributed by atoms with Crippen LogP contribution in [0.5, 0.6) is 0 Å². The Morgan fingerprint density at radius 1 is 1.10 bits per heavy atom. The summed E-state index contributed by atoms with van der Waals surface area (Å²) in [7, 11) is 5.89. The van der Waals surface area contributed by atoms with Gasteiger partial charge in [0.15, 0.2) is 5.82 Å². The second-order valence-corrected chi connectivity index (χ2v) is 4.82. The quantitative estimate of drug-likeness (QED) is 0.845. The largest absolute Gasteiger partial charge is 0.363 e. The highest BCUT2D eigenvalue weighted by Gasteiger charge is 2.10. The van der Waals surface area contributed by atoms with E-state index >= 15 is 0 Å². The lowest BCUT2D eigenvalue weighted by atomic mass is 10.2. The molecule has 0 aliphatic rings. The van der Waals surface area contributed by atoms with Crippen molar-refractivity contribution >= 4 is 11.8 Å². The Kier molecular flexibility index (Phi) is 4.12. The van der Waals surface area contributed by atoms with Crippen LogP contribution in [0.4, 0.5) is 11.8 Å². The topological polar surface area (TPSA) is 58.0 Å². The fraction of sp³-hybridized carbons (Fsp3) is 0.429. The summed E-state index contributed by atoms with van der Waals surface area (Å²) in [6, 6.07) is 3.89. The average Bonchev–Trinajstić information content (AvgIpc) is 2.45. The van der Waals surface area contributed by atoms with Gasteiger partial charge in [-0.1, -0.05) is 0 Å². The van der Waals surface area contributed by atoms with Gasteiger partial charge in [-0.05, 0) is 26.0 Å². The van der Waals surface area contributed by atoms with E-state index in [1.807, 2.05) is 50.0 Å². The van der Waals surface area contributed by atoms with Crippen LogP contribution in [-0.4, -0.2) is 47.6 Å². The molecule has 0 aromatic carbocycles. The van der Waals surface area contributed by atoms with Crippen LogP contribution >= 0.6 is 0 Å². The molecule has 0 bridgehead atoms. The first-order valence-corrected chi connectivity index (χ1v) is 6.58. The van der Waals surface area contributed by atoms with Crippen LogP contribution in [0.25, 0.3) is 11.4 Å². The van der Waals surface area contributed by atoms with Gasteiger partial charge < -0.3 is 9.80 Å². The van der Waals surface area contributed by atoms with Crippen molar-refractivity contribution in [2.24, 2.45) is 0 Å². The van der Waals surface area contributed by atoms with Gasteiger partial charge in [0.1, 0.15) is 11.6 Å². The van der Waals surface area contributed by atoms with Crippen molar-refractivity contribution in [3.05, 3.63) is 24.2 Å². The van der Waals surface area contributed by atoms with Crippen LogP contribution in [0, 0.1) is 6.92 Å². The summed E-state index contributed by atoms with van der Waals surface area (Å²) in [5.74, 6) is 2.97. The minimum absolute atomic E-state index is 0.679. The van der Waals surface area contributed by atoms with Gasteiger partial charge >= 0.3 is 0 Å². The number of rotatable bonds is 4. The van der Waals surface area contributed by atoms with Gasteiger partial charge in [-0.3, -0.25) is 0 Å². The van der Waals surface area contributed by atoms with E-state index in [9.17, 15) is 0 Å². The Hall–Kier alpha value is -2.24. The molecule has 0 aliphatic heterocycles. The molecule has 20 heavy (non-hydrogen) atoms. The molecule has 6 heteroatoms. The van der Waals surface area contributed by atoms with Crippen molar-refractivity contribution < 1.29 is 0 Å². The monoisotopic (exact) mass is 272 g/mol. The molecule has 2 rings (SSSR count). The summed E-state index contributed by atoms with van der Waals surface area (Å²) in [4.78, 5) is 21.6. The Balaban J connectivity index is 2.47. The number of hydrogen-bond acceptors (Lipinski definition) is 6. The zero-order chi connectivity index (χ0) is 14.7. The number of pyridine rings is 1. The maximum atomic E-state index is 4.53. The maximum absolute atomic E-state index is 4.53. The minimum Gasteiger partial charge on any atom is -0.363 e. The van der Waals surface area contributed by atoms with Crippen molar-refractivity contribution in [3.8, 4) is 11.4 Å². The fourth-order valence-electron chi connectivity index (χ4n) is 1.71. The summed E-state index contributed by atoms with van der Waals surface area (Å²) < 4.78 is 0. The molecular weight excluding hydrogens is 252 g/mol. The van der Waals surface area contributed by atoms with Crippen LogP contribution in [0.15, 0.2) is 18.3 Å². The van der Waals surface area contributed by atoms with Gasteiger partial charge in [-0.2, -0.15) is 9.97 Å². The van der Waals surface area contributed by atoms with E-state index in [4.69, 9.17) is 0 Å². The molecule has 0 aliphatic carbocycles. The summed E-state index contributed by atoms with van der Waals surface area (Å²) in [5.41, 5.74) is 0.944. The van der Waals surface area contributed by atoms with Crippen molar-refractivity contribution in [2.75, 3.05) is 37.5 Å². The number of aromatic nitrogens is 4. The maximum Gasteiger partial charge on any atom is 0.228 e. The molecular formula is C14H20N6. The van der Waals surface area contributed by atoms with Crippen LogP contribution in [-0.2, 0) is 0 Å². The summed E-state index contributed by atoms with van der Waals surface area (Å²) in [5, 5.41) is 0. The molecule has 2 aromatic rings.